The fraction of sp³-hybridized carbons (Fsp3) is 0.643. The second-order valence-corrected chi connectivity index (χ2v) is 6.51. The molecule has 3 rings (SSSR count). The Morgan fingerprint density at radius 2 is 2.29 bits per heavy atom. The van der Waals surface area contributed by atoms with E-state index >= 15 is 0 Å². The number of thiazole rings is 1. The minimum atomic E-state index is 0.0499. The highest BCUT2D eigenvalue weighted by molar-refractivity contribution is 7.09. The number of nitrogens with zero attached hydrogens (tertiary/aromatic N) is 4. The van der Waals surface area contributed by atoms with Crippen molar-refractivity contribution in [2.24, 2.45) is 0 Å². The van der Waals surface area contributed by atoms with Crippen molar-refractivity contribution in [2.75, 3.05) is 19.7 Å². The first-order valence-corrected chi connectivity index (χ1v) is 8.08. The Morgan fingerprint density at radius 3 is 2.95 bits per heavy atom. The van der Waals surface area contributed by atoms with Crippen LogP contribution < -0.4 is 0 Å². The number of hydrogen-bond donors (Lipinski definition) is 0. The SMILES string of the molecule is Cc1csc([C@@H]2CN(Cc3noc(C(C)C)n3)CCO2)n1. The van der Waals surface area contributed by atoms with Gasteiger partial charge in [-0.25, -0.2) is 4.98 Å². The number of hydrogen-bond acceptors (Lipinski definition) is 7. The van der Waals surface area contributed by atoms with Crippen LogP contribution in [0.3, 0.4) is 0 Å². The summed E-state index contributed by atoms with van der Waals surface area (Å²) in [7, 11) is 0. The Morgan fingerprint density at radius 1 is 1.43 bits per heavy atom. The van der Waals surface area contributed by atoms with E-state index in [0.717, 1.165) is 29.6 Å². The normalized spacial score (nSPS) is 20.3. The van der Waals surface area contributed by atoms with E-state index < -0.39 is 0 Å². The number of aryl methyl sites for hydroxylation is 1. The Bertz CT molecular complexity index is 595. The summed E-state index contributed by atoms with van der Waals surface area (Å²) in [6.45, 7) is 9.20. The molecule has 1 saturated heterocycles. The molecule has 0 saturated carbocycles. The highest BCUT2D eigenvalue weighted by Gasteiger charge is 2.25. The predicted octanol–water partition coefficient (Wildman–Crippen LogP) is 2.53. The van der Waals surface area contributed by atoms with Crippen LogP contribution in [0.25, 0.3) is 0 Å². The number of ether oxygens (including phenoxy) is 1. The molecule has 114 valence electrons. The molecule has 0 aliphatic carbocycles. The molecule has 2 aromatic rings. The minimum absolute atomic E-state index is 0.0499. The van der Waals surface area contributed by atoms with E-state index in [2.05, 4.69) is 25.4 Å². The second kappa shape index (κ2) is 6.21. The molecule has 2 aromatic heterocycles. The second-order valence-electron chi connectivity index (χ2n) is 5.63. The fourth-order valence-corrected chi connectivity index (χ4v) is 3.12. The molecule has 1 fully saturated rings. The number of aromatic nitrogens is 3. The van der Waals surface area contributed by atoms with Crippen LogP contribution in [-0.2, 0) is 11.3 Å². The minimum Gasteiger partial charge on any atom is -0.368 e. The van der Waals surface area contributed by atoms with Crippen molar-refractivity contribution < 1.29 is 9.26 Å². The van der Waals surface area contributed by atoms with Gasteiger partial charge in [0, 0.05) is 30.1 Å². The lowest BCUT2D eigenvalue weighted by molar-refractivity contribution is -0.0339. The standard InChI is InChI=1S/C14H20N4O2S/c1-9(2)13-16-12(17-20-13)7-18-4-5-19-11(6-18)14-15-10(3)8-21-14/h8-9,11H,4-7H2,1-3H3/t11-/m0/s1. The van der Waals surface area contributed by atoms with Gasteiger partial charge >= 0.3 is 0 Å². The topological polar surface area (TPSA) is 64.3 Å². The van der Waals surface area contributed by atoms with Gasteiger partial charge in [0.1, 0.15) is 11.1 Å². The third kappa shape index (κ3) is 3.48. The van der Waals surface area contributed by atoms with Crippen LogP contribution in [0.5, 0.6) is 0 Å². The lowest BCUT2D eigenvalue weighted by Crippen LogP contribution is -2.38. The monoisotopic (exact) mass is 308 g/mol. The van der Waals surface area contributed by atoms with Gasteiger partial charge in [-0.15, -0.1) is 11.3 Å². The Balaban J connectivity index is 1.63. The molecule has 3 heterocycles. The molecule has 1 atom stereocenters. The lowest BCUT2D eigenvalue weighted by Gasteiger charge is -2.30. The molecule has 1 aliphatic rings. The summed E-state index contributed by atoms with van der Waals surface area (Å²) >= 11 is 1.66. The molecule has 0 unspecified atom stereocenters. The van der Waals surface area contributed by atoms with Crippen molar-refractivity contribution in [1.82, 2.24) is 20.0 Å². The maximum atomic E-state index is 5.83. The van der Waals surface area contributed by atoms with Crippen molar-refractivity contribution in [3.63, 3.8) is 0 Å². The first kappa shape index (κ1) is 14.6. The molecule has 6 nitrogen and oxygen atoms in total. The summed E-state index contributed by atoms with van der Waals surface area (Å²) in [5.74, 6) is 1.71. The van der Waals surface area contributed by atoms with Crippen LogP contribution in [0.1, 0.15) is 48.3 Å². The van der Waals surface area contributed by atoms with Crippen molar-refractivity contribution >= 4 is 11.3 Å². The summed E-state index contributed by atoms with van der Waals surface area (Å²) in [6, 6.07) is 0. The van der Waals surface area contributed by atoms with E-state index in [1.54, 1.807) is 11.3 Å². The van der Waals surface area contributed by atoms with E-state index in [4.69, 9.17) is 9.26 Å². The van der Waals surface area contributed by atoms with E-state index in [0.29, 0.717) is 19.0 Å². The predicted molar refractivity (Wildman–Crippen MR) is 79.2 cm³/mol. The fourth-order valence-electron chi connectivity index (χ4n) is 2.28. The lowest BCUT2D eigenvalue weighted by atomic mass is 10.2. The first-order chi connectivity index (χ1) is 10.1. The van der Waals surface area contributed by atoms with Crippen LogP contribution in [0.2, 0.25) is 0 Å². The third-order valence-corrected chi connectivity index (χ3v) is 4.46. The smallest absolute Gasteiger partial charge is 0.229 e. The van der Waals surface area contributed by atoms with E-state index in [1.807, 2.05) is 20.8 Å². The van der Waals surface area contributed by atoms with Crippen LogP contribution in [0.15, 0.2) is 9.90 Å². The molecule has 0 aromatic carbocycles. The van der Waals surface area contributed by atoms with Crippen molar-refractivity contribution in [2.45, 2.75) is 39.3 Å². The third-order valence-electron chi connectivity index (χ3n) is 3.41. The van der Waals surface area contributed by atoms with Gasteiger partial charge in [0.15, 0.2) is 5.82 Å². The molecular weight excluding hydrogens is 288 g/mol. The highest BCUT2D eigenvalue weighted by atomic mass is 32.1. The van der Waals surface area contributed by atoms with Crippen LogP contribution in [-0.4, -0.2) is 39.7 Å². The molecular formula is C14H20N4O2S. The van der Waals surface area contributed by atoms with Crippen molar-refractivity contribution in [3.8, 4) is 0 Å². The van der Waals surface area contributed by atoms with E-state index in [9.17, 15) is 0 Å². The summed E-state index contributed by atoms with van der Waals surface area (Å²) in [4.78, 5) is 11.2. The highest BCUT2D eigenvalue weighted by Crippen LogP contribution is 2.25. The molecule has 0 amide bonds. The number of rotatable bonds is 4. The summed E-state index contributed by atoms with van der Waals surface area (Å²) in [5.41, 5.74) is 1.05. The van der Waals surface area contributed by atoms with Crippen molar-refractivity contribution in [1.29, 1.82) is 0 Å². The quantitative estimate of drug-likeness (QED) is 0.865. The van der Waals surface area contributed by atoms with Crippen LogP contribution >= 0.6 is 11.3 Å². The first-order valence-electron chi connectivity index (χ1n) is 7.20. The summed E-state index contributed by atoms with van der Waals surface area (Å²) in [5, 5.41) is 7.16. The Kier molecular flexibility index (Phi) is 4.32. The molecule has 0 radical (unpaired) electrons. The molecule has 0 N–H and O–H groups in total. The Labute approximate surface area is 128 Å². The van der Waals surface area contributed by atoms with Gasteiger partial charge < -0.3 is 9.26 Å². The maximum absolute atomic E-state index is 5.83. The van der Waals surface area contributed by atoms with Gasteiger partial charge in [-0.3, -0.25) is 4.90 Å². The molecule has 1 aliphatic heterocycles. The van der Waals surface area contributed by atoms with Crippen molar-refractivity contribution in [3.05, 3.63) is 27.8 Å². The molecule has 21 heavy (non-hydrogen) atoms. The van der Waals surface area contributed by atoms with Gasteiger partial charge in [-0.1, -0.05) is 19.0 Å². The van der Waals surface area contributed by atoms with Gasteiger partial charge in [-0.2, -0.15) is 4.98 Å². The maximum Gasteiger partial charge on any atom is 0.229 e. The molecule has 0 bridgehead atoms. The molecule has 7 heteroatoms. The number of morpholine rings is 1. The van der Waals surface area contributed by atoms with Crippen LogP contribution in [0, 0.1) is 6.92 Å². The molecule has 0 spiro atoms. The summed E-state index contributed by atoms with van der Waals surface area (Å²) in [6.07, 6.45) is 0.0499. The zero-order chi connectivity index (χ0) is 14.8. The van der Waals surface area contributed by atoms with E-state index in [1.165, 1.54) is 0 Å². The largest absolute Gasteiger partial charge is 0.368 e. The zero-order valence-electron chi connectivity index (χ0n) is 12.6. The van der Waals surface area contributed by atoms with Gasteiger partial charge in [0.2, 0.25) is 5.89 Å². The zero-order valence-corrected chi connectivity index (χ0v) is 13.4. The summed E-state index contributed by atoms with van der Waals surface area (Å²) < 4.78 is 11.1. The van der Waals surface area contributed by atoms with Crippen LogP contribution in [0.4, 0.5) is 0 Å². The van der Waals surface area contributed by atoms with Gasteiger partial charge in [0.05, 0.1) is 13.2 Å². The van der Waals surface area contributed by atoms with E-state index in [-0.39, 0.29) is 12.0 Å². The average Bonchev–Trinajstić information content (AvgIpc) is 3.08. The van der Waals surface area contributed by atoms with Gasteiger partial charge in [-0.05, 0) is 6.92 Å². The Hall–Kier alpha value is -1.31. The average molecular weight is 308 g/mol. The van der Waals surface area contributed by atoms with Gasteiger partial charge in [0.25, 0.3) is 0 Å².